The smallest absolute Gasteiger partial charge is 0.333 e. The fraction of sp³-hybridized carbons (Fsp3) is 0.647. The Morgan fingerprint density at radius 3 is 2.65 bits per heavy atom. The van der Waals surface area contributed by atoms with E-state index in [9.17, 15) is 19.2 Å². The zero-order chi connectivity index (χ0) is 19.0. The van der Waals surface area contributed by atoms with Crippen molar-refractivity contribution >= 4 is 35.6 Å². The van der Waals surface area contributed by atoms with Crippen LogP contribution in [0, 0.1) is 11.8 Å². The van der Waals surface area contributed by atoms with Crippen LogP contribution < -0.4 is 0 Å². The van der Waals surface area contributed by atoms with Gasteiger partial charge in [0.15, 0.2) is 12.2 Å². The van der Waals surface area contributed by atoms with E-state index in [1.807, 2.05) is 0 Å². The molecule has 3 aliphatic rings. The maximum absolute atomic E-state index is 12.1. The average Bonchev–Trinajstić information content (AvgIpc) is 3.21. The number of carbonyl (C=O) groups excluding carboxylic acids is 4. The van der Waals surface area contributed by atoms with E-state index in [0.717, 1.165) is 0 Å². The number of hydrogen-bond donors (Lipinski definition) is 0. The van der Waals surface area contributed by atoms with Gasteiger partial charge < -0.3 is 18.9 Å². The minimum atomic E-state index is -0.665. The fourth-order valence-corrected chi connectivity index (χ4v) is 5.58. The van der Waals surface area contributed by atoms with Crippen LogP contribution in [0.1, 0.15) is 19.8 Å². The summed E-state index contributed by atoms with van der Waals surface area (Å²) in [5.41, 5.74) is 0.290. The Balaban J connectivity index is 1.54. The second-order valence-corrected chi connectivity index (χ2v) is 7.88. The van der Waals surface area contributed by atoms with Crippen LogP contribution in [0.4, 0.5) is 0 Å². The minimum Gasteiger partial charge on any atom is -0.469 e. The fourth-order valence-electron chi connectivity index (χ4n) is 3.59. The lowest BCUT2D eigenvalue weighted by Gasteiger charge is -2.28. The van der Waals surface area contributed by atoms with Gasteiger partial charge in [-0.2, -0.15) is 0 Å². The van der Waals surface area contributed by atoms with Crippen molar-refractivity contribution in [3.05, 3.63) is 12.2 Å². The molecule has 0 radical (unpaired) electrons. The maximum atomic E-state index is 12.1. The normalized spacial score (nSPS) is 33.5. The molecule has 0 aromatic rings. The molecule has 3 rings (SSSR count). The summed E-state index contributed by atoms with van der Waals surface area (Å²) in [6.07, 6.45) is -0.829. The Hall–Kier alpha value is -2.03. The Bertz CT molecular complexity index is 659. The van der Waals surface area contributed by atoms with E-state index in [1.165, 1.54) is 25.8 Å². The lowest BCUT2D eigenvalue weighted by molar-refractivity contribution is -0.161. The van der Waals surface area contributed by atoms with Crippen LogP contribution in [0.3, 0.4) is 0 Å². The van der Waals surface area contributed by atoms with Crippen molar-refractivity contribution in [2.75, 3.05) is 13.7 Å². The van der Waals surface area contributed by atoms with E-state index in [4.69, 9.17) is 18.9 Å². The molecule has 26 heavy (non-hydrogen) atoms. The first kappa shape index (κ1) is 18.8. The van der Waals surface area contributed by atoms with Gasteiger partial charge in [0.25, 0.3) is 0 Å². The van der Waals surface area contributed by atoms with Crippen molar-refractivity contribution in [3.8, 4) is 0 Å². The zero-order valence-electron chi connectivity index (χ0n) is 14.5. The molecular formula is C17H20O8S. The first-order chi connectivity index (χ1) is 12.3. The SMILES string of the molecule is C=C(C)C(=O)OCCCC(=O)OC1C2OC(=O)C3C2SC1C3C(=O)OC. The summed E-state index contributed by atoms with van der Waals surface area (Å²) in [6.45, 7) is 5.09. The molecule has 0 N–H and O–H groups in total. The molecular weight excluding hydrogens is 364 g/mol. The second-order valence-electron chi connectivity index (χ2n) is 6.52. The molecule has 8 nitrogen and oxygen atoms in total. The largest absolute Gasteiger partial charge is 0.469 e. The summed E-state index contributed by atoms with van der Waals surface area (Å²) in [6, 6.07) is 0. The van der Waals surface area contributed by atoms with Gasteiger partial charge in [-0.3, -0.25) is 14.4 Å². The molecule has 0 spiro atoms. The molecule has 6 unspecified atom stereocenters. The predicted molar refractivity (Wildman–Crippen MR) is 88.9 cm³/mol. The second kappa shape index (κ2) is 7.30. The molecule has 0 saturated carbocycles. The Morgan fingerprint density at radius 1 is 1.27 bits per heavy atom. The van der Waals surface area contributed by atoms with Crippen LogP contribution in [-0.2, 0) is 38.1 Å². The summed E-state index contributed by atoms with van der Waals surface area (Å²) in [4.78, 5) is 47.5. The lowest BCUT2D eigenvalue weighted by atomic mass is 9.78. The number of thioether (sulfide) groups is 1. The van der Waals surface area contributed by atoms with Gasteiger partial charge in [-0.05, 0) is 13.3 Å². The molecule has 3 aliphatic heterocycles. The van der Waals surface area contributed by atoms with Crippen molar-refractivity contribution in [2.45, 2.75) is 42.5 Å². The van der Waals surface area contributed by atoms with Gasteiger partial charge in [0.1, 0.15) is 0 Å². The molecule has 3 fully saturated rings. The highest BCUT2D eigenvalue weighted by Crippen LogP contribution is 2.59. The Morgan fingerprint density at radius 2 is 2.00 bits per heavy atom. The summed E-state index contributed by atoms with van der Waals surface area (Å²) >= 11 is 1.45. The summed E-state index contributed by atoms with van der Waals surface area (Å²) < 4.78 is 20.6. The summed E-state index contributed by atoms with van der Waals surface area (Å²) in [5.74, 6) is -3.10. The van der Waals surface area contributed by atoms with Crippen LogP contribution in [0.2, 0.25) is 0 Å². The number of ether oxygens (including phenoxy) is 4. The van der Waals surface area contributed by atoms with Crippen LogP contribution in [0.5, 0.6) is 0 Å². The van der Waals surface area contributed by atoms with Crippen LogP contribution in [-0.4, -0.2) is 60.3 Å². The molecule has 0 aliphatic carbocycles. The molecule has 0 aromatic carbocycles. The highest BCUT2D eigenvalue weighted by molar-refractivity contribution is 8.01. The summed E-state index contributed by atoms with van der Waals surface area (Å²) in [5, 5.41) is -0.537. The van der Waals surface area contributed by atoms with Crippen molar-refractivity contribution in [2.24, 2.45) is 11.8 Å². The molecule has 3 heterocycles. The van der Waals surface area contributed by atoms with Gasteiger partial charge in [0.05, 0.1) is 36.1 Å². The summed E-state index contributed by atoms with van der Waals surface area (Å²) in [7, 11) is 1.27. The molecule has 0 amide bonds. The molecule has 2 bridgehead atoms. The Labute approximate surface area is 154 Å². The Kier molecular flexibility index (Phi) is 5.27. The average molecular weight is 384 g/mol. The maximum Gasteiger partial charge on any atom is 0.333 e. The first-order valence-electron chi connectivity index (χ1n) is 8.31. The molecule has 142 valence electrons. The number of fused-ring (bicyclic) bond motifs is 1. The van der Waals surface area contributed by atoms with Crippen molar-refractivity contribution in [3.63, 3.8) is 0 Å². The van der Waals surface area contributed by atoms with Gasteiger partial charge in [-0.1, -0.05) is 6.58 Å². The van der Waals surface area contributed by atoms with E-state index < -0.39 is 47.9 Å². The van der Waals surface area contributed by atoms with Crippen molar-refractivity contribution in [1.29, 1.82) is 0 Å². The number of esters is 4. The molecule has 6 atom stereocenters. The first-order valence-corrected chi connectivity index (χ1v) is 9.25. The van der Waals surface area contributed by atoms with E-state index in [1.54, 1.807) is 0 Å². The number of methoxy groups -OCH3 is 1. The highest BCUT2D eigenvalue weighted by atomic mass is 32.2. The van der Waals surface area contributed by atoms with Crippen LogP contribution in [0.15, 0.2) is 12.2 Å². The number of hydrogen-bond acceptors (Lipinski definition) is 9. The quantitative estimate of drug-likeness (QED) is 0.270. The molecule has 9 heteroatoms. The standard InChI is InChI=1S/C17H20O8S/c1-7(2)15(19)23-6-4-5-8(18)24-11-12-14-10(17(21)25-12)9(13(11)26-14)16(20)22-3/h9-14H,1,4-6H2,2-3H3. The topological polar surface area (TPSA) is 105 Å². The highest BCUT2D eigenvalue weighted by Gasteiger charge is 2.71. The third-order valence-corrected chi connectivity index (χ3v) is 6.50. The lowest BCUT2D eigenvalue weighted by Crippen LogP contribution is -2.47. The molecule has 3 saturated heterocycles. The van der Waals surface area contributed by atoms with Crippen LogP contribution >= 0.6 is 11.8 Å². The van der Waals surface area contributed by atoms with E-state index in [2.05, 4.69) is 6.58 Å². The van der Waals surface area contributed by atoms with Gasteiger partial charge in [0.2, 0.25) is 0 Å². The van der Waals surface area contributed by atoms with Crippen LogP contribution in [0.25, 0.3) is 0 Å². The monoisotopic (exact) mass is 384 g/mol. The van der Waals surface area contributed by atoms with Gasteiger partial charge in [-0.25, -0.2) is 4.79 Å². The molecule has 0 aromatic heterocycles. The van der Waals surface area contributed by atoms with Crippen molar-refractivity contribution in [1.82, 2.24) is 0 Å². The number of rotatable bonds is 7. The third kappa shape index (κ3) is 3.20. The van der Waals surface area contributed by atoms with E-state index in [-0.39, 0.29) is 29.1 Å². The van der Waals surface area contributed by atoms with Crippen molar-refractivity contribution < 1.29 is 38.1 Å². The third-order valence-electron chi connectivity index (χ3n) is 4.75. The predicted octanol–water partition coefficient (Wildman–Crippen LogP) is 0.626. The van der Waals surface area contributed by atoms with E-state index in [0.29, 0.717) is 6.42 Å². The van der Waals surface area contributed by atoms with Gasteiger partial charge in [0, 0.05) is 12.0 Å². The zero-order valence-corrected chi connectivity index (χ0v) is 15.3. The van der Waals surface area contributed by atoms with E-state index >= 15 is 0 Å². The minimum absolute atomic E-state index is 0.0506. The van der Waals surface area contributed by atoms with Gasteiger partial charge in [-0.15, -0.1) is 11.8 Å². The number of carbonyl (C=O) groups is 4. The van der Waals surface area contributed by atoms with Gasteiger partial charge >= 0.3 is 23.9 Å².